The smallest absolute Gasteiger partial charge is 0.412 e. The number of allylic oxidation sites excluding steroid dienone is 2. The molecule has 0 aliphatic carbocycles. The van der Waals surface area contributed by atoms with Crippen molar-refractivity contribution >= 4 is 23.7 Å². The minimum atomic E-state index is -1.33. The van der Waals surface area contributed by atoms with Gasteiger partial charge in [-0.1, -0.05) is 26.0 Å². The summed E-state index contributed by atoms with van der Waals surface area (Å²) in [5, 5.41) is 21.4. The first-order chi connectivity index (χ1) is 17.3. The van der Waals surface area contributed by atoms with Gasteiger partial charge in [-0.15, -0.1) is 0 Å². The van der Waals surface area contributed by atoms with Gasteiger partial charge in [-0.2, -0.15) is 5.26 Å². The van der Waals surface area contributed by atoms with Crippen LogP contribution in [0.4, 0.5) is 10.5 Å². The van der Waals surface area contributed by atoms with Gasteiger partial charge < -0.3 is 28.8 Å². The Kier molecular flexibility index (Phi) is 9.41. The lowest BCUT2D eigenvalue weighted by atomic mass is 9.97. The summed E-state index contributed by atoms with van der Waals surface area (Å²) < 4.78 is 28.0. The van der Waals surface area contributed by atoms with Gasteiger partial charge in [0.05, 0.1) is 30.1 Å². The summed E-state index contributed by atoms with van der Waals surface area (Å²) in [6, 6.07) is 8.03. The first-order valence-electron chi connectivity index (χ1n) is 11.6. The highest BCUT2D eigenvalue weighted by Crippen LogP contribution is 2.31. The zero-order valence-corrected chi connectivity index (χ0v) is 20.3. The van der Waals surface area contributed by atoms with Crippen LogP contribution in [-0.2, 0) is 33.3 Å². The average molecular weight is 503 g/mol. The van der Waals surface area contributed by atoms with Crippen LogP contribution in [0.1, 0.15) is 32.3 Å². The molecule has 2 N–H and O–H groups in total. The van der Waals surface area contributed by atoms with E-state index in [9.17, 15) is 19.5 Å². The molecule has 11 heteroatoms. The number of anilines is 1. The molecule has 1 aromatic rings. The van der Waals surface area contributed by atoms with Crippen LogP contribution < -0.4 is 5.32 Å². The standard InChI is InChI=1S/C25H30N2O9/c1-14-6-4-5-7-15(2)23(30)35-21-20(34-22(14)29)19(18(13-28)33-24(21)32-3)36-25(31)27-17-10-8-16(12-26)9-11-17/h4-5,8-11,14-15,18-21,24,28H,6-7,13H2,1-3H3,(H,27,31)/t14-,15-,18-,19-,20+,21-,24+/m1/s1. The summed E-state index contributed by atoms with van der Waals surface area (Å²) in [6.07, 6.45) is -2.78. The SMILES string of the molecule is CO[C@H]1O[C@H](CO)[C@@H](OC(=O)Nc2ccc(C#N)cc2)[C@@H]2OC(=O)[C@H](C)CC=CC[C@@H](C)C(=O)O[C@@H]12. The molecule has 1 amide bonds. The van der Waals surface area contributed by atoms with Gasteiger partial charge in [0.1, 0.15) is 6.10 Å². The number of nitrogens with one attached hydrogen (secondary N) is 1. The molecule has 0 unspecified atom stereocenters. The number of nitriles is 1. The van der Waals surface area contributed by atoms with Crippen LogP contribution in [0.2, 0.25) is 0 Å². The second-order valence-corrected chi connectivity index (χ2v) is 8.69. The lowest BCUT2D eigenvalue weighted by Gasteiger charge is -2.44. The number of carbonyl (C=O) groups excluding carboxylic acids is 3. The Balaban J connectivity index is 1.90. The highest BCUT2D eigenvalue weighted by Gasteiger charge is 2.53. The van der Waals surface area contributed by atoms with E-state index in [1.54, 1.807) is 26.0 Å². The van der Waals surface area contributed by atoms with Gasteiger partial charge in [-0.3, -0.25) is 14.9 Å². The Morgan fingerprint density at radius 2 is 1.67 bits per heavy atom. The minimum absolute atomic E-state index is 0.346. The summed E-state index contributed by atoms with van der Waals surface area (Å²) in [6.45, 7) is 2.79. The molecule has 36 heavy (non-hydrogen) atoms. The van der Waals surface area contributed by atoms with Crippen molar-refractivity contribution in [1.82, 2.24) is 0 Å². The van der Waals surface area contributed by atoms with E-state index in [1.807, 2.05) is 6.07 Å². The summed E-state index contributed by atoms with van der Waals surface area (Å²) in [5.74, 6) is -2.21. The molecule has 2 heterocycles. The second kappa shape index (κ2) is 12.5. The number of ether oxygens (including phenoxy) is 5. The number of methoxy groups -OCH3 is 1. The summed E-state index contributed by atoms with van der Waals surface area (Å²) in [7, 11) is 1.32. The van der Waals surface area contributed by atoms with Gasteiger partial charge >= 0.3 is 18.0 Å². The maximum Gasteiger partial charge on any atom is 0.412 e. The molecule has 0 spiro atoms. The summed E-state index contributed by atoms with van der Waals surface area (Å²) in [5.41, 5.74) is 0.752. The summed E-state index contributed by atoms with van der Waals surface area (Å²) in [4.78, 5) is 38.4. The zero-order chi connectivity index (χ0) is 26.2. The fraction of sp³-hybridized carbons (Fsp3) is 0.520. The number of amides is 1. The van der Waals surface area contributed by atoms with E-state index in [-0.39, 0.29) is 0 Å². The fourth-order valence-electron chi connectivity index (χ4n) is 3.81. The number of benzene rings is 1. The van der Waals surface area contributed by atoms with Crippen molar-refractivity contribution in [3.8, 4) is 6.07 Å². The number of carbonyl (C=O) groups is 3. The third kappa shape index (κ3) is 6.60. The van der Waals surface area contributed by atoms with Gasteiger partial charge in [-0.25, -0.2) is 4.79 Å². The van der Waals surface area contributed by atoms with Gasteiger partial charge in [-0.05, 0) is 37.1 Å². The van der Waals surface area contributed by atoms with Crippen LogP contribution in [0.3, 0.4) is 0 Å². The number of esters is 2. The summed E-state index contributed by atoms with van der Waals surface area (Å²) >= 11 is 0. The number of rotatable bonds is 4. The molecular formula is C25H30N2O9. The molecule has 0 saturated carbocycles. The number of aliphatic hydroxyl groups is 1. The Labute approximate surface area is 208 Å². The lowest BCUT2D eigenvalue weighted by molar-refractivity contribution is -0.300. The van der Waals surface area contributed by atoms with Crippen molar-refractivity contribution in [3.63, 3.8) is 0 Å². The van der Waals surface area contributed by atoms with Crippen LogP contribution in [0.15, 0.2) is 36.4 Å². The lowest BCUT2D eigenvalue weighted by Crippen LogP contribution is -2.63. The molecule has 1 aromatic carbocycles. The Bertz CT molecular complexity index is 1000. The molecule has 3 rings (SSSR count). The zero-order valence-electron chi connectivity index (χ0n) is 20.3. The maximum absolute atomic E-state index is 12.9. The van der Waals surface area contributed by atoms with E-state index in [0.29, 0.717) is 24.1 Å². The van der Waals surface area contributed by atoms with Crippen molar-refractivity contribution < 1.29 is 43.2 Å². The monoisotopic (exact) mass is 502 g/mol. The first-order valence-corrected chi connectivity index (χ1v) is 11.6. The van der Waals surface area contributed by atoms with Gasteiger partial charge in [0.2, 0.25) is 0 Å². The van der Waals surface area contributed by atoms with E-state index in [0.717, 1.165) is 0 Å². The molecule has 2 aliphatic rings. The van der Waals surface area contributed by atoms with E-state index in [4.69, 9.17) is 28.9 Å². The maximum atomic E-state index is 12.9. The second-order valence-electron chi connectivity index (χ2n) is 8.69. The molecule has 0 aromatic heterocycles. The molecule has 194 valence electrons. The van der Waals surface area contributed by atoms with Gasteiger partial charge in [0.25, 0.3) is 0 Å². The van der Waals surface area contributed by atoms with E-state index >= 15 is 0 Å². The van der Waals surface area contributed by atoms with E-state index < -0.39 is 67.2 Å². The normalized spacial score (nSPS) is 30.9. The van der Waals surface area contributed by atoms with E-state index in [2.05, 4.69) is 5.32 Å². The Hall–Kier alpha value is -3.46. The highest BCUT2D eigenvalue weighted by molar-refractivity contribution is 5.85. The quantitative estimate of drug-likeness (QED) is 0.356. The van der Waals surface area contributed by atoms with Crippen molar-refractivity contribution in [2.24, 2.45) is 11.8 Å². The largest absolute Gasteiger partial charge is 0.454 e. The minimum Gasteiger partial charge on any atom is -0.454 e. The molecule has 11 nitrogen and oxygen atoms in total. The number of aliphatic hydroxyl groups excluding tert-OH is 1. The molecule has 0 radical (unpaired) electrons. The van der Waals surface area contributed by atoms with Crippen LogP contribution in [-0.4, -0.2) is 67.6 Å². The number of fused-ring (bicyclic) bond motifs is 1. The third-order valence-corrected chi connectivity index (χ3v) is 5.96. The molecule has 1 fully saturated rings. The number of hydrogen-bond acceptors (Lipinski definition) is 10. The predicted molar refractivity (Wildman–Crippen MR) is 124 cm³/mol. The first kappa shape index (κ1) is 27.1. The molecule has 7 atom stereocenters. The molecule has 1 saturated heterocycles. The Morgan fingerprint density at radius 3 is 2.19 bits per heavy atom. The molecule has 0 bridgehead atoms. The average Bonchev–Trinajstić information content (AvgIpc) is 2.87. The number of hydrogen-bond donors (Lipinski definition) is 2. The van der Waals surface area contributed by atoms with Crippen molar-refractivity contribution in [1.29, 1.82) is 5.26 Å². The highest BCUT2D eigenvalue weighted by atomic mass is 16.7. The van der Waals surface area contributed by atoms with Crippen molar-refractivity contribution in [2.75, 3.05) is 19.0 Å². The van der Waals surface area contributed by atoms with Crippen LogP contribution in [0, 0.1) is 23.2 Å². The number of nitrogens with zero attached hydrogens (tertiary/aromatic N) is 1. The van der Waals surface area contributed by atoms with Crippen molar-refractivity contribution in [2.45, 2.75) is 57.4 Å². The third-order valence-electron chi connectivity index (χ3n) is 5.96. The van der Waals surface area contributed by atoms with Gasteiger partial charge in [0, 0.05) is 12.8 Å². The Morgan fingerprint density at radius 1 is 1.08 bits per heavy atom. The van der Waals surface area contributed by atoms with Crippen LogP contribution in [0.25, 0.3) is 0 Å². The topological polar surface area (TPSA) is 153 Å². The van der Waals surface area contributed by atoms with Crippen LogP contribution in [0.5, 0.6) is 0 Å². The molecule has 2 aliphatic heterocycles. The predicted octanol–water partition coefficient (Wildman–Crippen LogP) is 2.28. The fourth-order valence-corrected chi connectivity index (χ4v) is 3.81. The van der Waals surface area contributed by atoms with Gasteiger partial charge in [0.15, 0.2) is 24.6 Å². The van der Waals surface area contributed by atoms with Crippen molar-refractivity contribution in [3.05, 3.63) is 42.0 Å². The van der Waals surface area contributed by atoms with E-state index in [1.165, 1.54) is 31.4 Å². The van der Waals surface area contributed by atoms with Crippen LogP contribution >= 0.6 is 0 Å². The molecular weight excluding hydrogens is 472 g/mol.